The van der Waals surface area contributed by atoms with Crippen molar-refractivity contribution in [2.45, 2.75) is 38.8 Å². The molecular weight excluding hydrogens is 363 g/mol. The van der Waals surface area contributed by atoms with Crippen molar-refractivity contribution in [3.8, 4) is 6.01 Å². The van der Waals surface area contributed by atoms with E-state index in [1.165, 1.54) is 12.4 Å². The summed E-state index contributed by atoms with van der Waals surface area (Å²) in [5.74, 6) is 0.167. The van der Waals surface area contributed by atoms with Crippen LogP contribution in [0.3, 0.4) is 0 Å². The number of halogens is 3. The first-order valence-corrected chi connectivity index (χ1v) is 7.53. The van der Waals surface area contributed by atoms with Gasteiger partial charge in [0, 0.05) is 25.9 Å². The molecule has 2 heterocycles. The van der Waals surface area contributed by atoms with Crippen LogP contribution in [0.2, 0.25) is 5.02 Å². The van der Waals surface area contributed by atoms with Crippen LogP contribution in [-0.4, -0.2) is 46.0 Å². The van der Waals surface area contributed by atoms with Crippen LogP contribution in [0, 0.1) is 5.92 Å². The smallest absolute Gasteiger partial charge is 0.316 e. The molecule has 2 N–H and O–H groups in total. The topological polar surface area (TPSA) is 81.3 Å². The van der Waals surface area contributed by atoms with E-state index in [1.54, 1.807) is 0 Å². The zero-order chi connectivity index (χ0) is 15.4. The van der Waals surface area contributed by atoms with Gasteiger partial charge in [0.1, 0.15) is 6.10 Å². The van der Waals surface area contributed by atoms with Gasteiger partial charge in [0.05, 0.1) is 23.5 Å². The van der Waals surface area contributed by atoms with Crippen molar-refractivity contribution in [1.82, 2.24) is 14.9 Å². The van der Waals surface area contributed by atoms with Crippen molar-refractivity contribution in [3.63, 3.8) is 0 Å². The summed E-state index contributed by atoms with van der Waals surface area (Å²) in [5.41, 5.74) is 5.91. The van der Waals surface area contributed by atoms with Crippen LogP contribution in [0.5, 0.6) is 6.01 Å². The molecule has 0 spiro atoms. The lowest BCUT2D eigenvalue weighted by Gasteiger charge is -2.33. The van der Waals surface area contributed by atoms with Crippen molar-refractivity contribution < 1.29 is 9.53 Å². The molecule has 1 aromatic heterocycles. The first-order valence-electron chi connectivity index (χ1n) is 7.16. The lowest BCUT2D eigenvalue weighted by atomic mass is 10.0. The van der Waals surface area contributed by atoms with Gasteiger partial charge < -0.3 is 15.4 Å². The molecule has 0 radical (unpaired) electrons. The summed E-state index contributed by atoms with van der Waals surface area (Å²) >= 11 is 5.73. The largest absolute Gasteiger partial charge is 0.460 e. The Bertz CT molecular complexity index is 479. The number of piperidine rings is 1. The van der Waals surface area contributed by atoms with Gasteiger partial charge in [-0.1, -0.05) is 25.4 Å². The molecule has 0 unspecified atom stereocenters. The maximum absolute atomic E-state index is 12.2. The van der Waals surface area contributed by atoms with Gasteiger partial charge in [-0.15, -0.1) is 24.8 Å². The summed E-state index contributed by atoms with van der Waals surface area (Å²) < 4.78 is 5.70. The molecule has 1 atom stereocenters. The van der Waals surface area contributed by atoms with Crippen molar-refractivity contribution in [1.29, 1.82) is 0 Å². The molecule has 1 aromatic rings. The predicted octanol–water partition coefficient (Wildman–Crippen LogP) is 2.33. The lowest BCUT2D eigenvalue weighted by Crippen LogP contribution is -2.50. The number of rotatable bonds is 4. The Morgan fingerprint density at radius 2 is 1.83 bits per heavy atom. The Morgan fingerprint density at radius 1 is 1.30 bits per heavy atom. The summed E-state index contributed by atoms with van der Waals surface area (Å²) in [5, 5.41) is 0.477. The van der Waals surface area contributed by atoms with Crippen molar-refractivity contribution in [2.75, 3.05) is 13.1 Å². The lowest BCUT2D eigenvalue weighted by molar-refractivity contribution is -0.135. The van der Waals surface area contributed by atoms with Gasteiger partial charge in [-0.25, -0.2) is 9.97 Å². The number of ether oxygens (including phenoxy) is 1. The van der Waals surface area contributed by atoms with E-state index in [0.717, 1.165) is 12.8 Å². The summed E-state index contributed by atoms with van der Waals surface area (Å²) in [7, 11) is 0. The van der Waals surface area contributed by atoms with E-state index in [2.05, 4.69) is 9.97 Å². The van der Waals surface area contributed by atoms with Crippen LogP contribution in [0.15, 0.2) is 12.4 Å². The fraction of sp³-hybridized carbons (Fsp3) is 0.643. The van der Waals surface area contributed by atoms with E-state index in [9.17, 15) is 4.79 Å². The summed E-state index contributed by atoms with van der Waals surface area (Å²) in [6.45, 7) is 5.21. The number of aromatic nitrogens is 2. The molecule has 2 rings (SSSR count). The highest BCUT2D eigenvalue weighted by molar-refractivity contribution is 6.30. The fourth-order valence-electron chi connectivity index (χ4n) is 2.20. The maximum atomic E-state index is 12.2. The number of hydrogen-bond donors (Lipinski definition) is 1. The van der Waals surface area contributed by atoms with Crippen LogP contribution < -0.4 is 10.5 Å². The number of amides is 1. The van der Waals surface area contributed by atoms with Gasteiger partial charge in [0.25, 0.3) is 0 Å². The number of likely N-dealkylation sites (tertiary alicyclic amines) is 1. The maximum Gasteiger partial charge on any atom is 0.316 e. The highest BCUT2D eigenvalue weighted by Crippen LogP contribution is 2.18. The average Bonchev–Trinajstić information content (AvgIpc) is 2.49. The van der Waals surface area contributed by atoms with Gasteiger partial charge in [-0.05, 0) is 5.92 Å². The van der Waals surface area contributed by atoms with E-state index in [4.69, 9.17) is 22.1 Å². The Balaban J connectivity index is 0.00000242. The van der Waals surface area contributed by atoms with E-state index < -0.39 is 6.04 Å². The molecule has 0 saturated carbocycles. The average molecular weight is 386 g/mol. The van der Waals surface area contributed by atoms with Crippen LogP contribution in [0.1, 0.15) is 26.7 Å². The molecule has 1 fully saturated rings. The third kappa shape index (κ3) is 6.30. The number of nitrogens with two attached hydrogens (primary N) is 1. The van der Waals surface area contributed by atoms with Crippen LogP contribution in [0.25, 0.3) is 0 Å². The van der Waals surface area contributed by atoms with Gasteiger partial charge >= 0.3 is 6.01 Å². The molecule has 0 aliphatic carbocycles. The number of hydrogen-bond acceptors (Lipinski definition) is 5. The predicted molar refractivity (Wildman–Crippen MR) is 94.6 cm³/mol. The molecule has 1 amide bonds. The standard InChI is InChI=1S/C14H21ClN4O2.2ClH/c1-9(2)12(16)13(20)19-5-3-11(4-6-19)21-14-17-7-10(15)8-18-14;;/h7-9,11-12H,3-6,16H2,1-2H3;2*1H/t12-;;/m0../s1. The zero-order valence-corrected chi connectivity index (χ0v) is 15.5. The first kappa shape index (κ1) is 22.2. The second-order valence-electron chi connectivity index (χ2n) is 5.60. The van der Waals surface area contributed by atoms with E-state index in [-0.39, 0.29) is 42.7 Å². The second kappa shape index (κ2) is 10.1. The van der Waals surface area contributed by atoms with E-state index >= 15 is 0 Å². The Hall–Kier alpha value is -0.820. The summed E-state index contributed by atoms with van der Waals surface area (Å²) in [6.07, 6.45) is 4.53. The Kier molecular flexibility index (Phi) is 9.77. The van der Waals surface area contributed by atoms with Crippen molar-refractivity contribution in [3.05, 3.63) is 17.4 Å². The minimum absolute atomic E-state index is 0. The number of carbonyl (C=O) groups excluding carboxylic acids is 1. The van der Waals surface area contributed by atoms with Crippen LogP contribution >= 0.6 is 36.4 Å². The molecule has 0 aromatic carbocycles. The van der Waals surface area contributed by atoms with Gasteiger partial charge in [-0.2, -0.15) is 0 Å². The molecule has 1 aliphatic rings. The number of carbonyl (C=O) groups is 1. The molecule has 9 heteroatoms. The third-order valence-electron chi connectivity index (χ3n) is 3.63. The van der Waals surface area contributed by atoms with Crippen LogP contribution in [0.4, 0.5) is 0 Å². The summed E-state index contributed by atoms with van der Waals surface area (Å²) in [6, 6.07) is -0.106. The van der Waals surface area contributed by atoms with E-state index in [1.807, 2.05) is 18.7 Å². The highest BCUT2D eigenvalue weighted by Gasteiger charge is 2.28. The monoisotopic (exact) mass is 384 g/mol. The Morgan fingerprint density at radius 3 is 2.30 bits per heavy atom. The van der Waals surface area contributed by atoms with Gasteiger partial charge in [-0.3, -0.25) is 4.79 Å². The van der Waals surface area contributed by atoms with Crippen LogP contribution in [-0.2, 0) is 4.79 Å². The normalized spacial score (nSPS) is 16.3. The minimum Gasteiger partial charge on any atom is -0.460 e. The Labute approximate surface area is 153 Å². The minimum atomic E-state index is -0.429. The van der Waals surface area contributed by atoms with E-state index in [0.29, 0.717) is 24.1 Å². The van der Waals surface area contributed by atoms with Gasteiger partial charge in [0.2, 0.25) is 5.91 Å². The molecule has 6 nitrogen and oxygen atoms in total. The zero-order valence-electron chi connectivity index (χ0n) is 13.1. The van der Waals surface area contributed by atoms with Crippen molar-refractivity contribution in [2.24, 2.45) is 11.7 Å². The molecule has 1 aliphatic heterocycles. The third-order valence-corrected chi connectivity index (χ3v) is 3.82. The van der Waals surface area contributed by atoms with Crippen molar-refractivity contribution >= 4 is 42.3 Å². The number of nitrogens with zero attached hydrogens (tertiary/aromatic N) is 3. The first-order chi connectivity index (χ1) is 9.97. The SMILES string of the molecule is CC(C)[C@H](N)C(=O)N1CCC(Oc2ncc(Cl)cn2)CC1.Cl.Cl. The molecule has 1 saturated heterocycles. The highest BCUT2D eigenvalue weighted by atomic mass is 35.5. The molecule has 132 valence electrons. The summed E-state index contributed by atoms with van der Waals surface area (Å²) in [4.78, 5) is 22.0. The second-order valence-corrected chi connectivity index (χ2v) is 6.03. The molecular formula is C14H23Cl3N4O2. The molecule has 0 bridgehead atoms. The molecule has 23 heavy (non-hydrogen) atoms. The quantitative estimate of drug-likeness (QED) is 0.860. The van der Waals surface area contributed by atoms with Gasteiger partial charge in [0.15, 0.2) is 0 Å². The fourth-order valence-corrected chi connectivity index (χ4v) is 2.30.